The van der Waals surface area contributed by atoms with Crippen molar-refractivity contribution in [2.75, 3.05) is 6.61 Å². The summed E-state index contributed by atoms with van der Waals surface area (Å²) in [4.78, 5) is 17.1. The fraction of sp³-hybridized carbons (Fsp3) is 0.321. The molecule has 36 heavy (non-hydrogen) atoms. The van der Waals surface area contributed by atoms with Crippen molar-refractivity contribution in [2.24, 2.45) is 0 Å². The van der Waals surface area contributed by atoms with Crippen LogP contribution in [-0.2, 0) is 25.9 Å². The van der Waals surface area contributed by atoms with Gasteiger partial charge in [-0.25, -0.2) is 4.98 Å². The van der Waals surface area contributed by atoms with Gasteiger partial charge in [0.15, 0.2) is 11.5 Å². The van der Waals surface area contributed by atoms with E-state index < -0.39 is 0 Å². The fourth-order valence-electron chi connectivity index (χ4n) is 4.84. The molecule has 1 atom stereocenters. The second-order valence-corrected chi connectivity index (χ2v) is 9.43. The third-order valence-corrected chi connectivity index (χ3v) is 6.81. The van der Waals surface area contributed by atoms with Crippen molar-refractivity contribution in [2.45, 2.75) is 52.3 Å². The third-order valence-electron chi connectivity index (χ3n) is 6.81. The Bertz CT molecular complexity index is 1420. The van der Waals surface area contributed by atoms with Gasteiger partial charge in [-0.2, -0.15) is 5.10 Å². The van der Waals surface area contributed by atoms with E-state index in [2.05, 4.69) is 16.5 Å². The van der Waals surface area contributed by atoms with Crippen LogP contribution >= 0.6 is 0 Å². The molecule has 1 aromatic carbocycles. The number of amides is 1. The molecule has 0 saturated carbocycles. The van der Waals surface area contributed by atoms with Gasteiger partial charge in [-0.15, -0.1) is 0 Å². The number of carbonyl (C=O) groups excluding carboxylic acids is 1. The molecule has 0 bridgehead atoms. The predicted molar refractivity (Wildman–Crippen MR) is 133 cm³/mol. The molecule has 8 nitrogen and oxygen atoms in total. The van der Waals surface area contributed by atoms with Crippen molar-refractivity contribution in [1.82, 2.24) is 20.1 Å². The average molecular weight is 485 g/mol. The van der Waals surface area contributed by atoms with Crippen molar-refractivity contribution in [3.05, 3.63) is 82.6 Å². The summed E-state index contributed by atoms with van der Waals surface area (Å²) in [5.41, 5.74) is 6.12. The molecule has 3 aromatic heterocycles. The molecule has 0 fully saturated rings. The second kappa shape index (κ2) is 9.18. The van der Waals surface area contributed by atoms with Crippen molar-refractivity contribution in [3.8, 4) is 22.9 Å². The Labute approximate surface area is 209 Å². The number of nitrogens with zero attached hydrogens (tertiary/aromatic N) is 3. The lowest BCUT2D eigenvalue weighted by atomic mass is 9.93. The van der Waals surface area contributed by atoms with Crippen LogP contribution in [0.15, 0.2) is 53.2 Å². The number of benzene rings is 1. The van der Waals surface area contributed by atoms with Crippen LogP contribution in [0.1, 0.15) is 45.0 Å². The van der Waals surface area contributed by atoms with Crippen LogP contribution in [0.4, 0.5) is 0 Å². The summed E-state index contributed by atoms with van der Waals surface area (Å²) in [5.74, 6) is 2.23. The van der Waals surface area contributed by atoms with Gasteiger partial charge in [-0.1, -0.05) is 29.8 Å². The zero-order valence-electron chi connectivity index (χ0n) is 20.4. The lowest BCUT2D eigenvalue weighted by molar-refractivity contribution is 0.0763. The monoisotopic (exact) mass is 484 g/mol. The second-order valence-electron chi connectivity index (χ2n) is 9.43. The molecule has 1 amide bonds. The van der Waals surface area contributed by atoms with E-state index in [1.54, 1.807) is 6.20 Å². The van der Waals surface area contributed by atoms with Crippen LogP contribution in [-0.4, -0.2) is 33.4 Å². The standard InChI is InChI=1S/C28H28N4O4/c1-17-5-7-19(8-6-17)14-30-27(33)26-18(2)24-22(36-26)10-9-20-15-32(31-25(20)24)13-11-21-16-34-28-23(35-21)4-3-12-29-28/h3-8,12,15,21H,9-11,13-14,16H2,1-2H3,(H,30,33). The molecule has 0 spiro atoms. The Morgan fingerprint density at radius 1 is 1.17 bits per heavy atom. The van der Waals surface area contributed by atoms with Crippen molar-refractivity contribution in [3.63, 3.8) is 0 Å². The predicted octanol–water partition coefficient (Wildman–Crippen LogP) is 4.41. The van der Waals surface area contributed by atoms with Gasteiger partial charge in [0, 0.05) is 49.5 Å². The first-order chi connectivity index (χ1) is 17.5. The number of aryl methyl sites for hydroxylation is 4. The largest absolute Gasteiger partial charge is 0.481 e. The number of aromatic nitrogens is 3. The van der Waals surface area contributed by atoms with Gasteiger partial charge in [0.2, 0.25) is 0 Å². The Kier molecular flexibility index (Phi) is 5.71. The summed E-state index contributed by atoms with van der Waals surface area (Å²) in [6.07, 6.45) is 6.09. The normalized spacial score (nSPS) is 15.8. The highest BCUT2D eigenvalue weighted by Gasteiger charge is 2.30. The number of carbonyl (C=O) groups is 1. The van der Waals surface area contributed by atoms with E-state index in [9.17, 15) is 4.79 Å². The molecular weight excluding hydrogens is 456 g/mol. The van der Waals surface area contributed by atoms with Gasteiger partial charge in [-0.05, 0) is 43.5 Å². The van der Waals surface area contributed by atoms with E-state index in [4.69, 9.17) is 19.0 Å². The first-order valence-electron chi connectivity index (χ1n) is 12.3. The van der Waals surface area contributed by atoms with Crippen LogP contribution in [0.2, 0.25) is 0 Å². The number of furan rings is 1. The SMILES string of the molecule is Cc1ccc(CNC(=O)c2oc3c(c2C)-c2nn(CCC4COc5ncccc5O4)cc2CC3)cc1. The lowest BCUT2D eigenvalue weighted by Crippen LogP contribution is -2.30. The number of hydrogen-bond acceptors (Lipinski definition) is 6. The van der Waals surface area contributed by atoms with E-state index in [0.29, 0.717) is 37.1 Å². The molecule has 2 aliphatic rings. The molecule has 0 radical (unpaired) electrons. The Hall–Kier alpha value is -4.07. The molecule has 6 rings (SSSR count). The van der Waals surface area contributed by atoms with Gasteiger partial charge in [0.05, 0.1) is 5.69 Å². The van der Waals surface area contributed by atoms with Crippen molar-refractivity contribution >= 4 is 5.91 Å². The zero-order chi connectivity index (χ0) is 24.6. The maximum Gasteiger partial charge on any atom is 0.287 e. The van der Waals surface area contributed by atoms with Gasteiger partial charge >= 0.3 is 0 Å². The quantitative estimate of drug-likeness (QED) is 0.436. The molecular formula is C28H28N4O4. The number of pyridine rings is 1. The van der Waals surface area contributed by atoms with Crippen LogP contribution < -0.4 is 14.8 Å². The first-order valence-corrected chi connectivity index (χ1v) is 12.3. The highest BCUT2D eigenvalue weighted by molar-refractivity contribution is 5.95. The summed E-state index contributed by atoms with van der Waals surface area (Å²) in [6.45, 7) is 5.61. The Morgan fingerprint density at radius 2 is 2.03 bits per heavy atom. The number of rotatable bonds is 6. The number of fused-ring (bicyclic) bond motifs is 4. The lowest BCUT2D eigenvalue weighted by Gasteiger charge is -2.25. The van der Waals surface area contributed by atoms with Crippen molar-refractivity contribution in [1.29, 1.82) is 0 Å². The number of ether oxygens (including phenoxy) is 2. The van der Waals surface area contributed by atoms with E-state index in [-0.39, 0.29) is 12.0 Å². The van der Waals surface area contributed by atoms with E-state index in [1.807, 2.05) is 54.9 Å². The minimum Gasteiger partial charge on any atom is -0.481 e. The molecule has 184 valence electrons. The highest BCUT2D eigenvalue weighted by Crippen LogP contribution is 2.38. The summed E-state index contributed by atoms with van der Waals surface area (Å²) in [5, 5.41) is 7.86. The fourth-order valence-corrected chi connectivity index (χ4v) is 4.84. The maximum absolute atomic E-state index is 12.9. The van der Waals surface area contributed by atoms with Gasteiger partial charge in [0.1, 0.15) is 18.5 Å². The smallest absolute Gasteiger partial charge is 0.287 e. The summed E-state index contributed by atoms with van der Waals surface area (Å²) in [6, 6.07) is 11.8. The van der Waals surface area contributed by atoms with Gasteiger partial charge in [-0.3, -0.25) is 9.48 Å². The summed E-state index contributed by atoms with van der Waals surface area (Å²) in [7, 11) is 0. The van der Waals surface area contributed by atoms with Gasteiger partial charge < -0.3 is 19.2 Å². The van der Waals surface area contributed by atoms with E-state index in [0.717, 1.165) is 47.4 Å². The van der Waals surface area contributed by atoms with Crippen LogP contribution in [0.25, 0.3) is 11.3 Å². The van der Waals surface area contributed by atoms with E-state index in [1.165, 1.54) is 11.1 Å². The highest BCUT2D eigenvalue weighted by atomic mass is 16.6. The molecule has 0 saturated heterocycles. The summed E-state index contributed by atoms with van der Waals surface area (Å²) < 4.78 is 19.8. The van der Waals surface area contributed by atoms with Crippen LogP contribution in [0, 0.1) is 13.8 Å². The van der Waals surface area contributed by atoms with Crippen LogP contribution in [0.5, 0.6) is 11.6 Å². The van der Waals surface area contributed by atoms with Gasteiger partial charge in [0.25, 0.3) is 11.8 Å². The molecule has 1 aliphatic carbocycles. The van der Waals surface area contributed by atoms with Crippen LogP contribution in [0.3, 0.4) is 0 Å². The molecule has 8 heteroatoms. The first kappa shape index (κ1) is 22.4. The maximum atomic E-state index is 12.9. The molecule has 1 N–H and O–H groups in total. The molecule has 1 aliphatic heterocycles. The summed E-state index contributed by atoms with van der Waals surface area (Å²) >= 11 is 0. The number of hydrogen-bond donors (Lipinski definition) is 1. The minimum atomic E-state index is -0.201. The topological polar surface area (TPSA) is 91.4 Å². The molecule has 4 heterocycles. The third kappa shape index (κ3) is 4.23. The molecule has 4 aromatic rings. The average Bonchev–Trinajstić information content (AvgIpc) is 3.47. The molecule has 1 unspecified atom stereocenters. The Morgan fingerprint density at radius 3 is 2.89 bits per heavy atom. The van der Waals surface area contributed by atoms with E-state index >= 15 is 0 Å². The van der Waals surface area contributed by atoms with Crippen molar-refractivity contribution < 1.29 is 18.7 Å². The Balaban J connectivity index is 1.15. The number of nitrogens with one attached hydrogen (secondary N) is 1. The minimum absolute atomic E-state index is 0.0574. The zero-order valence-corrected chi connectivity index (χ0v) is 20.4.